The SMILES string of the molecule is CCC(C)OCC(=O)NC1(C)CN(c2[nH]c(=O)n(C)c(=O)c2C#N)C1. The quantitative estimate of drug-likeness (QED) is 0.711. The topological polar surface area (TPSA) is 120 Å². The van der Waals surface area contributed by atoms with Gasteiger partial charge in [0.05, 0.1) is 11.6 Å². The summed E-state index contributed by atoms with van der Waals surface area (Å²) in [6, 6.07) is 1.84. The van der Waals surface area contributed by atoms with Crippen LogP contribution >= 0.6 is 0 Å². The molecule has 1 amide bonds. The Morgan fingerprint density at radius 2 is 2.12 bits per heavy atom. The average molecular weight is 349 g/mol. The van der Waals surface area contributed by atoms with Crippen LogP contribution in [-0.4, -0.2) is 46.8 Å². The molecule has 1 aromatic heterocycles. The van der Waals surface area contributed by atoms with Gasteiger partial charge in [0.15, 0.2) is 5.56 Å². The summed E-state index contributed by atoms with van der Waals surface area (Å²) in [5.41, 5.74) is -1.85. The molecule has 2 rings (SSSR count). The van der Waals surface area contributed by atoms with Crippen molar-refractivity contribution < 1.29 is 9.53 Å². The summed E-state index contributed by atoms with van der Waals surface area (Å²) in [5.74, 6) is -0.0291. The predicted octanol–water partition coefficient (Wildman–Crippen LogP) is -0.545. The van der Waals surface area contributed by atoms with Gasteiger partial charge in [-0.15, -0.1) is 0 Å². The molecule has 1 fully saturated rings. The van der Waals surface area contributed by atoms with Gasteiger partial charge >= 0.3 is 5.69 Å². The van der Waals surface area contributed by atoms with Crippen molar-refractivity contribution in [2.24, 2.45) is 7.05 Å². The maximum Gasteiger partial charge on any atom is 0.329 e. The van der Waals surface area contributed by atoms with Crippen LogP contribution in [0.2, 0.25) is 0 Å². The van der Waals surface area contributed by atoms with Crippen LogP contribution in [-0.2, 0) is 16.6 Å². The number of hydrogen-bond donors (Lipinski definition) is 2. The fourth-order valence-corrected chi connectivity index (χ4v) is 2.69. The highest BCUT2D eigenvalue weighted by molar-refractivity contribution is 5.78. The molecule has 1 aliphatic heterocycles. The molecule has 2 heterocycles. The fourth-order valence-electron chi connectivity index (χ4n) is 2.69. The number of carbonyl (C=O) groups excluding carboxylic acids is 1. The van der Waals surface area contributed by atoms with E-state index >= 15 is 0 Å². The third kappa shape index (κ3) is 3.91. The van der Waals surface area contributed by atoms with E-state index in [1.165, 1.54) is 7.05 Å². The van der Waals surface area contributed by atoms with E-state index in [0.717, 1.165) is 11.0 Å². The number of hydrogen-bond acceptors (Lipinski definition) is 6. The predicted molar refractivity (Wildman–Crippen MR) is 91.5 cm³/mol. The van der Waals surface area contributed by atoms with E-state index in [2.05, 4.69) is 10.3 Å². The molecule has 0 spiro atoms. The third-order valence-electron chi connectivity index (χ3n) is 4.31. The lowest BCUT2D eigenvalue weighted by atomic mass is 9.91. The van der Waals surface area contributed by atoms with Crippen LogP contribution in [0.5, 0.6) is 0 Å². The lowest BCUT2D eigenvalue weighted by Gasteiger charge is -2.49. The van der Waals surface area contributed by atoms with E-state index in [1.54, 1.807) is 4.90 Å². The van der Waals surface area contributed by atoms with Crippen LogP contribution in [0.15, 0.2) is 9.59 Å². The second kappa shape index (κ2) is 7.11. The Labute approximate surface area is 145 Å². The van der Waals surface area contributed by atoms with Crippen molar-refractivity contribution in [1.82, 2.24) is 14.9 Å². The molecule has 0 radical (unpaired) electrons. The first kappa shape index (κ1) is 18.7. The van der Waals surface area contributed by atoms with Crippen LogP contribution in [0.4, 0.5) is 5.82 Å². The number of amides is 1. The van der Waals surface area contributed by atoms with E-state index in [0.29, 0.717) is 13.1 Å². The van der Waals surface area contributed by atoms with Gasteiger partial charge in [-0.2, -0.15) is 5.26 Å². The van der Waals surface area contributed by atoms with Gasteiger partial charge in [-0.05, 0) is 20.3 Å². The summed E-state index contributed by atoms with van der Waals surface area (Å²) in [5, 5.41) is 12.1. The number of carbonyl (C=O) groups is 1. The summed E-state index contributed by atoms with van der Waals surface area (Å²) >= 11 is 0. The van der Waals surface area contributed by atoms with E-state index in [-0.39, 0.29) is 30.0 Å². The Hall–Kier alpha value is -2.60. The molecule has 1 aliphatic rings. The number of nitrogens with zero attached hydrogens (tertiary/aromatic N) is 3. The van der Waals surface area contributed by atoms with Crippen LogP contribution in [0.25, 0.3) is 0 Å². The second-order valence-electron chi connectivity index (χ2n) is 6.62. The van der Waals surface area contributed by atoms with Crippen LogP contribution < -0.4 is 21.5 Å². The number of aromatic nitrogens is 2. The third-order valence-corrected chi connectivity index (χ3v) is 4.31. The summed E-state index contributed by atoms with van der Waals surface area (Å²) in [6.07, 6.45) is 0.839. The average Bonchev–Trinajstić information content (AvgIpc) is 2.54. The molecule has 1 atom stereocenters. The van der Waals surface area contributed by atoms with Crippen molar-refractivity contribution in [1.29, 1.82) is 5.26 Å². The van der Waals surface area contributed by atoms with Gasteiger partial charge in [0, 0.05) is 20.1 Å². The Morgan fingerprint density at radius 1 is 1.48 bits per heavy atom. The van der Waals surface area contributed by atoms with Crippen molar-refractivity contribution in [2.45, 2.75) is 38.8 Å². The number of aromatic amines is 1. The normalized spacial score (nSPS) is 16.7. The second-order valence-corrected chi connectivity index (χ2v) is 6.62. The molecule has 9 heteroatoms. The van der Waals surface area contributed by atoms with Crippen molar-refractivity contribution >= 4 is 11.7 Å². The molecule has 136 valence electrons. The standard InChI is InChI=1S/C16H23N5O4/c1-5-10(2)25-7-12(22)19-16(3)8-21(9-16)13-11(6-17)14(23)20(4)15(24)18-13/h10H,5,7-9H2,1-4H3,(H,18,24)(H,19,22). The van der Waals surface area contributed by atoms with Crippen molar-refractivity contribution in [3.8, 4) is 6.07 Å². The molecular formula is C16H23N5O4. The summed E-state index contributed by atoms with van der Waals surface area (Å²) in [6.45, 7) is 6.47. The van der Waals surface area contributed by atoms with Gasteiger partial charge in [-0.25, -0.2) is 4.79 Å². The molecular weight excluding hydrogens is 326 g/mol. The maximum atomic E-state index is 12.0. The summed E-state index contributed by atoms with van der Waals surface area (Å²) in [4.78, 5) is 40.0. The molecule has 25 heavy (non-hydrogen) atoms. The van der Waals surface area contributed by atoms with Crippen LogP contribution in [0, 0.1) is 11.3 Å². The fraction of sp³-hybridized carbons (Fsp3) is 0.625. The van der Waals surface area contributed by atoms with Crippen molar-refractivity contribution in [2.75, 3.05) is 24.6 Å². The molecule has 2 N–H and O–H groups in total. The molecule has 0 bridgehead atoms. The Bertz CT molecular complexity index is 813. The minimum Gasteiger partial charge on any atom is -0.369 e. The van der Waals surface area contributed by atoms with Gasteiger partial charge in [-0.1, -0.05) is 6.92 Å². The van der Waals surface area contributed by atoms with Crippen molar-refractivity contribution in [3.63, 3.8) is 0 Å². The number of nitriles is 1. The number of anilines is 1. The van der Waals surface area contributed by atoms with Gasteiger partial charge in [0.2, 0.25) is 5.91 Å². The summed E-state index contributed by atoms with van der Waals surface area (Å²) in [7, 11) is 1.31. The lowest BCUT2D eigenvalue weighted by molar-refractivity contribution is -0.129. The highest BCUT2D eigenvalue weighted by Gasteiger charge is 2.41. The van der Waals surface area contributed by atoms with Crippen LogP contribution in [0.3, 0.4) is 0 Å². The van der Waals surface area contributed by atoms with Gasteiger partial charge in [0.1, 0.15) is 18.5 Å². The van der Waals surface area contributed by atoms with Gasteiger partial charge in [-0.3, -0.25) is 19.1 Å². The summed E-state index contributed by atoms with van der Waals surface area (Å²) < 4.78 is 6.26. The number of ether oxygens (including phenoxy) is 1. The first-order chi connectivity index (χ1) is 11.7. The molecule has 0 aliphatic carbocycles. The lowest BCUT2D eigenvalue weighted by Crippen LogP contribution is -2.69. The number of nitrogens with one attached hydrogen (secondary N) is 2. The minimum atomic E-state index is -0.638. The Kier molecular flexibility index (Phi) is 5.33. The molecule has 1 unspecified atom stereocenters. The van der Waals surface area contributed by atoms with Gasteiger partial charge < -0.3 is 15.0 Å². The Balaban J connectivity index is 2.05. The van der Waals surface area contributed by atoms with E-state index in [4.69, 9.17) is 4.74 Å². The molecule has 0 saturated carbocycles. The molecule has 9 nitrogen and oxygen atoms in total. The molecule has 1 aromatic rings. The van der Waals surface area contributed by atoms with E-state index in [9.17, 15) is 19.6 Å². The molecule has 1 saturated heterocycles. The van der Waals surface area contributed by atoms with Crippen LogP contribution in [0.1, 0.15) is 32.8 Å². The first-order valence-corrected chi connectivity index (χ1v) is 8.11. The highest BCUT2D eigenvalue weighted by atomic mass is 16.5. The van der Waals surface area contributed by atoms with E-state index < -0.39 is 16.8 Å². The van der Waals surface area contributed by atoms with Gasteiger partial charge in [0.25, 0.3) is 5.56 Å². The zero-order valence-electron chi connectivity index (χ0n) is 14.9. The highest BCUT2D eigenvalue weighted by Crippen LogP contribution is 2.26. The zero-order valence-corrected chi connectivity index (χ0v) is 14.9. The molecule has 0 aromatic carbocycles. The van der Waals surface area contributed by atoms with E-state index in [1.807, 2.05) is 26.8 Å². The minimum absolute atomic E-state index is 0.0141. The zero-order chi connectivity index (χ0) is 18.8. The van der Waals surface area contributed by atoms with Crippen molar-refractivity contribution in [3.05, 3.63) is 26.4 Å². The number of rotatable bonds is 6. The largest absolute Gasteiger partial charge is 0.369 e. The number of H-pyrrole nitrogens is 1. The Morgan fingerprint density at radius 3 is 2.68 bits per heavy atom. The monoisotopic (exact) mass is 349 g/mol. The first-order valence-electron chi connectivity index (χ1n) is 8.11. The maximum absolute atomic E-state index is 12.0. The smallest absolute Gasteiger partial charge is 0.329 e.